The summed E-state index contributed by atoms with van der Waals surface area (Å²) in [5.74, 6) is -4.13. The average Bonchev–Trinajstić information content (AvgIpc) is 3.30. The summed E-state index contributed by atoms with van der Waals surface area (Å²) in [6.07, 6.45) is 44.0. The summed E-state index contributed by atoms with van der Waals surface area (Å²) in [4.78, 5) is 45.6. The molecular weight excluding hydrogens is 919 g/mol. The van der Waals surface area contributed by atoms with Crippen LogP contribution in [0.4, 0.5) is 0 Å². The third-order valence-electron chi connectivity index (χ3n) is 10.4. The van der Waals surface area contributed by atoms with Gasteiger partial charge in [-0.25, -0.2) is 9.59 Å². The SMILES string of the molecule is CCCCCCCCCC/C=C/OC(=O)c1ccccc1C(=O)[O-].CCCCCCCCCC/C=C/OC(=O)c1ccccc1C(=O)[O-].[CH2]CCCCCCC.[CH2]CCCCCCC.[Sn+2]. The number of esters is 2. The number of carbonyl (C=O) groups is 4. The van der Waals surface area contributed by atoms with Crippen LogP contribution >= 0.6 is 0 Å². The van der Waals surface area contributed by atoms with Crippen LogP contribution in [0, 0.1) is 13.8 Å². The molecular formula is C56H88O8Sn. The van der Waals surface area contributed by atoms with E-state index in [1.54, 1.807) is 36.4 Å². The van der Waals surface area contributed by atoms with Gasteiger partial charge in [0, 0.05) is 11.1 Å². The molecule has 0 saturated carbocycles. The number of ether oxygens (including phenoxy) is 2. The third-order valence-corrected chi connectivity index (χ3v) is 10.4. The molecule has 8 nitrogen and oxygen atoms in total. The van der Waals surface area contributed by atoms with Crippen molar-refractivity contribution in [1.29, 1.82) is 0 Å². The molecule has 2 rings (SSSR count). The fourth-order valence-electron chi connectivity index (χ4n) is 6.51. The van der Waals surface area contributed by atoms with E-state index in [2.05, 4.69) is 41.5 Å². The van der Waals surface area contributed by atoms with Gasteiger partial charge in [0.25, 0.3) is 0 Å². The molecule has 0 atom stereocenters. The molecule has 364 valence electrons. The largest absolute Gasteiger partial charge is 2.00 e. The molecule has 0 fully saturated rings. The van der Waals surface area contributed by atoms with E-state index in [1.165, 1.54) is 191 Å². The van der Waals surface area contributed by atoms with Gasteiger partial charge in [-0.2, -0.15) is 0 Å². The molecule has 9 heteroatoms. The molecule has 65 heavy (non-hydrogen) atoms. The van der Waals surface area contributed by atoms with E-state index >= 15 is 0 Å². The van der Waals surface area contributed by atoms with E-state index in [0.717, 1.165) is 38.5 Å². The van der Waals surface area contributed by atoms with Gasteiger partial charge in [-0.3, -0.25) is 0 Å². The van der Waals surface area contributed by atoms with E-state index in [4.69, 9.17) is 9.47 Å². The molecule has 0 aromatic heterocycles. The number of carbonyl (C=O) groups excluding carboxylic acids is 4. The number of hydrogen-bond donors (Lipinski definition) is 0. The zero-order valence-electron chi connectivity index (χ0n) is 41.3. The van der Waals surface area contributed by atoms with Gasteiger partial charge < -0.3 is 29.3 Å². The van der Waals surface area contributed by atoms with Gasteiger partial charge in [-0.15, -0.1) is 0 Å². The van der Waals surface area contributed by atoms with Crippen molar-refractivity contribution in [3.05, 3.63) is 109 Å². The Bertz CT molecular complexity index is 1350. The van der Waals surface area contributed by atoms with E-state index in [1.807, 2.05) is 0 Å². The Labute approximate surface area is 414 Å². The molecule has 2 aromatic carbocycles. The van der Waals surface area contributed by atoms with Gasteiger partial charge >= 0.3 is 35.8 Å². The monoisotopic (exact) mass is 1010 g/mol. The zero-order chi connectivity index (χ0) is 47.7. The van der Waals surface area contributed by atoms with Gasteiger partial charge in [0.2, 0.25) is 0 Å². The van der Waals surface area contributed by atoms with Crippen LogP contribution in [0.15, 0.2) is 73.2 Å². The molecule has 0 spiro atoms. The fraction of sp³-hybridized carbons (Fsp3) is 0.607. The first-order chi connectivity index (χ1) is 31.2. The normalized spacial score (nSPS) is 10.4. The second kappa shape index (κ2) is 51.6. The number of aromatic carboxylic acids is 2. The fourth-order valence-corrected chi connectivity index (χ4v) is 6.51. The first kappa shape index (κ1) is 65.9. The number of hydrogen-bond acceptors (Lipinski definition) is 8. The quantitative estimate of drug-likeness (QED) is 0.0293. The van der Waals surface area contributed by atoms with Crippen LogP contribution in [-0.2, 0) is 9.47 Å². The van der Waals surface area contributed by atoms with Gasteiger partial charge in [0.15, 0.2) is 0 Å². The molecule has 0 N–H and O–H groups in total. The number of benzene rings is 2. The molecule has 0 aliphatic carbocycles. The van der Waals surface area contributed by atoms with Crippen molar-refractivity contribution in [2.24, 2.45) is 0 Å². The molecule has 2 aromatic rings. The number of rotatable bonds is 34. The Hall–Kier alpha value is -3.40. The Morgan fingerprint density at radius 3 is 0.923 bits per heavy atom. The maximum Gasteiger partial charge on any atom is 2.00 e. The van der Waals surface area contributed by atoms with Gasteiger partial charge in [-0.1, -0.05) is 245 Å². The van der Waals surface area contributed by atoms with E-state index in [0.29, 0.717) is 0 Å². The summed E-state index contributed by atoms with van der Waals surface area (Å²) in [5, 5.41) is 21.9. The summed E-state index contributed by atoms with van der Waals surface area (Å²) >= 11 is 0. The Kier molecular flexibility index (Phi) is 52.3. The van der Waals surface area contributed by atoms with Crippen LogP contribution in [0.1, 0.15) is 262 Å². The summed E-state index contributed by atoms with van der Waals surface area (Å²) in [6.45, 7) is 16.5. The van der Waals surface area contributed by atoms with Crippen molar-refractivity contribution in [3.63, 3.8) is 0 Å². The zero-order valence-corrected chi connectivity index (χ0v) is 44.2. The third kappa shape index (κ3) is 41.7. The molecule has 0 aliphatic heterocycles. The van der Waals surface area contributed by atoms with Crippen molar-refractivity contribution in [2.75, 3.05) is 0 Å². The molecule has 0 saturated heterocycles. The molecule has 0 bridgehead atoms. The van der Waals surface area contributed by atoms with E-state index < -0.39 is 23.9 Å². The van der Waals surface area contributed by atoms with Crippen molar-refractivity contribution in [3.8, 4) is 0 Å². The molecule has 0 aliphatic rings. The number of carboxylic acids is 2. The van der Waals surface area contributed by atoms with Gasteiger partial charge in [-0.05, 0) is 50.0 Å². The van der Waals surface area contributed by atoms with Crippen molar-refractivity contribution >= 4 is 47.8 Å². The smallest absolute Gasteiger partial charge is 0.545 e. The molecule has 0 unspecified atom stereocenters. The first-order valence-corrected chi connectivity index (χ1v) is 25.1. The average molecular weight is 1010 g/mol. The summed E-state index contributed by atoms with van der Waals surface area (Å²) in [6, 6.07) is 11.8. The predicted molar refractivity (Wildman–Crippen MR) is 268 cm³/mol. The van der Waals surface area contributed by atoms with E-state index in [9.17, 15) is 29.4 Å². The maximum atomic E-state index is 11.9. The first-order valence-electron chi connectivity index (χ1n) is 25.1. The Balaban J connectivity index is -0.000000878. The van der Waals surface area contributed by atoms with Gasteiger partial charge in [0.05, 0.1) is 35.6 Å². The number of unbranched alkanes of at least 4 members (excludes halogenated alkanes) is 26. The molecule has 0 amide bonds. The summed E-state index contributed by atoms with van der Waals surface area (Å²) in [7, 11) is 0. The van der Waals surface area contributed by atoms with Gasteiger partial charge in [0.1, 0.15) is 0 Å². The molecule has 4 radical (unpaired) electrons. The van der Waals surface area contributed by atoms with Crippen LogP contribution in [0.5, 0.6) is 0 Å². The summed E-state index contributed by atoms with van der Waals surface area (Å²) < 4.78 is 9.96. The Morgan fingerprint density at radius 1 is 0.415 bits per heavy atom. The minimum atomic E-state index is -1.38. The van der Waals surface area contributed by atoms with Crippen molar-refractivity contribution in [1.82, 2.24) is 0 Å². The van der Waals surface area contributed by atoms with Crippen LogP contribution in [0.25, 0.3) is 0 Å². The Morgan fingerprint density at radius 2 is 0.662 bits per heavy atom. The molecule has 0 heterocycles. The topological polar surface area (TPSA) is 133 Å². The summed E-state index contributed by atoms with van der Waals surface area (Å²) in [5.41, 5.74) is -0.290. The minimum Gasteiger partial charge on any atom is -0.545 e. The minimum absolute atomic E-state index is 0. The van der Waals surface area contributed by atoms with Crippen LogP contribution in [0.3, 0.4) is 0 Å². The van der Waals surface area contributed by atoms with Crippen molar-refractivity contribution in [2.45, 2.75) is 220 Å². The number of carboxylic acid groups (broad SMARTS) is 2. The predicted octanol–water partition coefficient (Wildman–Crippen LogP) is 14.5. The van der Waals surface area contributed by atoms with Crippen LogP contribution < -0.4 is 10.2 Å². The maximum absolute atomic E-state index is 11.9. The van der Waals surface area contributed by atoms with Crippen molar-refractivity contribution < 1.29 is 38.9 Å². The van der Waals surface area contributed by atoms with E-state index in [-0.39, 0.29) is 46.2 Å². The second-order valence-electron chi connectivity index (χ2n) is 16.3. The number of allylic oxidation sites excluding steroid dienone is 2. The second-order valence-corrected chi connectivity index (χ2v) is 16.3. The van der Waals surface area contributed by atoms with Crippen LogP contribution in [0.2, 0.25) is 0 Å². The van der Waals surface area contributed by atoms with Crippen LogP contribution in [-0.4, -0.2) is 47.8 Å². The standard InChI is InChI=1S/2C20H28O4.2C8H17.Sn/c2*1-2-3-4-5-6-7-8-9-10-13-16-24-20(23)18-15-12-11-14-17(18)19(21)22;2*1-3-5-7-8-6-4-2;/h2*11-16H,2-10H2,1H3,(H,21,22);2*1,3-8H2,2H3;/q;;;;+2/p-2/b2*16-13+;;;.